The van der Waals surface area contributed by atoms with Gasteiger partial charge in [-0.05, 0) is 60.7 Å². The molecule has 3 rings (SSSR count). The topological polar surface area (TPSA) is 38.9 Å². The predicted octanol–water partition coefficient (Wildman–Crippen LogP) is 4.46. The van der Waals surface area contributed by atoms with E-state index in [0.29, 0.717) is 0 Å². The van der Waals surface area contributed by atoms with Crippen LogP contribution in [0.4, 0.5) is 0 Å². The zero-order valence-electron chi connectivity index (χ0n) is 13.4. The smallest absolute Gasteiger partial charge is 0.0708 e. The first-order valence-electron chi connectivity index (χ1n) is 7.81. The van der Waals surface area contributed by atoms with Crippen molar-refractivity contribution in [3.63, 3.8) is 0 Å². The molecule has 0 saturated carbocycles. The highest BCUT2D eigenvalue weighted by Crippen LogP contribution is 2.27. The molecule has 0 fully saturated rings. The van der Waals surface area contributed by atoms with Crippen molar-refractivity contribution in [3.05, 3.63) is 76.5 Å². The van der Waals surface area contributed by atoms with Crippen LogP contribution in [0.15, 0.2) is 48.5 Å². The summed E-state index contributed by atoms with van der Waals surface area (Å²) in [5.41, 5.74) is 13.5. The summed E-state index contributed by atoms with van der Waals surface area (Å²) in [6.07, 6.45) is 0.964. The van der Waals surface area contributed by atoms with Gasteiger partial charge in [-0.15, -0.1) is 0 Å². The number of rotatable bonds is 3. The Kier molecular flexibility index (Phi) is 3.95. The molecule has 0 bridgehead atoms. The van der Waals surface area contributed by atoms with Gasteiger partial charge in [-0.2, -0.15) is 0 Å². The molecule has 22 heavy (non-hydrogen) atoms. The standard InChI is InChI=1S/C20H22N2/c1-4-18-14(3)10-16-12-17(13(2)11-19(16)22-18)20(21)15-8-6-5-7-9-15/h5-12,20H,4,21H2,1-3H3. The van der Waals surface area contributed by atoms with Crippen molar-refractivity contribution in [2.75, 3.05) is 0 Å². The Bertz CT molecular complexity index is 807. The molecule has 2 aromatic carbocycles. The minimum absolute atomic E-state index is 0.100. The van der Waals surface area contributed by atoms with E-state index in [9.17, 15) is 0 Å². The molecule has 2 nitrogen and oxygen atoms in total. The van der Waals surface area contributed by atoms with Crippen molar-refractivity contribution in [1.82, 2.24) is 4.98 Å². The molecule has 2 N–H and O–H groups in total. The number of hydrogen-bond acceptors (Lipinski definition) is 2. The van der Waals surface area contributed by atoms with E-state index in [1.807, 2.05) is 18.2 Å². The first-order chi connectivity index (χ1) is 10.6. The van der Waals surface area contributed by atoms with Crippen molar-refractivity contribution in [3.8, 4) is 0 Å². The first-order valence-corrected chi connectivity index (χ1v) is 7.81. The average Bonchev–Trinajstić information content (AvgIpc) is 2.54. The van der Waals surface area contributed by atoms with E-state index >= 15 is 0 Å². The molecule has 1 atom stereocenters. The lowest BCUT2D eigenvalue weighted by Crippen LogP contribution is -2.13. The number of nitrogens with two attached hydrogens (primary N) is 1. The fourth-order valence-electron chi connectivity index (χ4n) is 3.02. The van der Waals surface area contributed by atoms with Crippen LogP contribution in [0.5, 0.6) is 0 Å². The van der Waals surface area contributed by atoms with Gasteiger partial charge in [-0.3, -0.25) is 4.98 Å². The number of hydrogen-bond donors (Lipinski definition) is 1. The minimum Gasteiger partial charge on any atom is -0.320 e. The monoisotopic (exact) mass is 290 g/mol. The molecule has 1 heterocycles. The molecule has 3 aromatic rings. The molecular formula is C20H22N2. The number of nitrogens with zero attached hydrogens (tertiary/aromatic N) is 1. The van der Waals surface area contributed by atoms with Crippen molar-refractivity contribution >= 4 is 10.9 Å². The summed E-state index contributed by atoms with van der Waals surface area (Å²) in [6.45, 7) is 6.39. The summed E-state index contributed by atoms with van der Waals surface area (Å²) < 4.78 is 0. The van der Waals surface area contributed by atoms with Crippen LogP contribution in [0.25, 0.3) is 10.9 Å². The lowest BCUT2D eigenvalue weighted by Gasteiger charge is -2.17. The van der Waals surface area contributed by atoms with Crippen LogP contribution in [0.3, 0.4) is 0 Å². The van der Waals surface area contributed by atoms with Gasteiger partial charge in [-0.1, -0.05) is 37.3 Å². The molecule has 0 aliphatic carbocycles. The minimum atomic E-state index is -0.100. The van der Waals surface area contributed by atoms with Crippen molar-refractivity contribution in [2.45, 2.75) is 33.2 Å². The second kappa shape index (κ2) is 5.90. The Morgan fingerprint density at radius 3 is 2.41 bits per heavy atom. The fourth-order valence-corrected chi connectivity index (χ4v) is 3.02. The summed E-state index contributed by atoms with van der Waals surface area (Å²) in [5, 5.41) is 1.17. The van der Waals surface area contributed by atoms with Crippen LogP contribution >= 0.6 is 0 Å². The Hall–Kier alpha value is -2.19. The van der Waals surface area contributed by atoms with Crippen molar-refractivity contribution < 1.29 is 0 Å². The second-order valence-electron chi connectivity index (χ2n) is 5.90. The van der Waals surface area contributed by atoms with Crippen LogP contribution in [0.1, 0.15) is 40.9 Å². The molecule has 0 aliphatic rings. The van der Waals surface area contributed by atoms with E-state index in [0.717, 1.165) is 17.5 Å². The molecule has 0 saturated heterocycles. The highest BCUT2D eigenvalue weighted by molar-refractivity contribution is 5.81. The number of aryl methyl sites for hydroxylation is 3. The zero-order valence-corrected chi connectivity index (χ0v) is 13.4. The summed E-state index contributed by atoms with van der Waals surface area (Å²) >= 11 is 0. The first kappa shape index (κ1) is 14.7. The van der Waals surface area contributed by atoms with Crippen LogP contribution in [-0.2, 0) is 6.42 Å². The van der Waals surface area contributed by atoms with E-state index in [1.165, 1.54) is 27.8 Å². The van der Waals surface area contributed by atoms with Gasteiger partial charge in [-0.25, -0.2) is 0 Å². The Labute approximate surface area is 132 Å². The lowest BCUT2D eigenvalue weighted by atomic mass is 9.93. The Morgan fingerprint density at radius 2 is 1.73 bits per heavy atom. The van der Waals surface area contributed by atoms with Gasteiger partial charge in [0.1, 0.15) is 0 Å². The predicted molar refractivity (Wildman–Crippen MR) is 93.1 cm³/mol. The van der Waals surface area contributed by atoms with Gasteiger partial charge in [0.15, 0.2) is 0 Å². The summed E-state index contributed by atoms with van der Waals surface area (Å²) in [5.74, 6) is 0. The van der Waals surface area contributed by atoms with Gasteiger partial charge in [0, 0.05) is 11.1 Å². The SMILES string of the molecule is CCc1nc2cc(C)c(C(N)c3ccccc3)cc2cc1C. The third-order valence-corrected chi connectivity index (χ3v) is 4.33. The number of pyridine rings is 1. The van der Waals surface area contributed by atoms with Gasteiger partial charge in [0.25, 0.3) is 0 Å². The highest BCUT2D eigenvalue weighted by Gasteiger charge is 2.13. The van der Waals surface area contributed by atoms with Gasteiger partial charge in [0.05, 0.1) is 11.6 Å². The summed E-state index contributed by atoms with van der Waals surface area (Å²) in [6, 6.07) is 16.7. The number of benzene rings is 2. The zero-order chi connectivity index (χ0) is 15.7. The maximum Gasteiger partial charge on any atom is 0.0708 e. The van der Waals surface area contributed by atoms with Crippen molar-refractivity contribution in [2.24, 2.45) is 5.73 Å². The third-order valence-electron chi connectivity index (χ3n) is 4.33. The Morgan fingerprint density at radius 1 is 1.00 bits per heavy atom. The fraction of sp³-hybridized carbons (Fsp3) is 0.250. The largest absolute Gasteiger partial charge is 0.320 e. The number of aromatic nitrogens is 1. The van der Waals surface area contributed by atoms with Crippen LogP contribution in [0, 0.1) is 13.8 Å². The molecule has 0 spiro atoms. The average molecular weight is 290 g/mol. The molecular weight excluding hydrogens is 268 g/mol. The molecule has 1 aromatic heterocycles. The van der Waals surface area contributed by atoms with E-state index in [4.69, 9.17) is 10.7 Å². The lowest BCUT2D eigenvalue weighted by molar-refractivity contribution is 0.863. The Balaban J connectivity index is 2.13. The molecule has 112 valence electrons. The van der Waals surface area contributed by atoms with Crippen LogP contribution in [0.2, 0.25) is 0 Å². The van der Waals surface area contributed by atoms with E-state index in [2.05, 4.69) is 51.1 Å². The van der Waals surface area contributed by atoms with E-state index < -0.39 is 0 Å². The summed E-state index contributed by atoms with van der Waals surface area (Å²) in [4.78, 5) is 4.79. The quantitative estimate of drug-likeness (QED) is 0.773. The van der Waals surface area contributed by atoms with Crippen LogP contribution in [-0.4, -0.2) is 4.98 Å². The molecule has 0 aliphatic heterocycles. The third kappa shape index (κ3) is 2.62. The highest BCUT2D eigenvalue weighted by atomic mass is 14.7. The van der Waals surface area contributed by atoms with E-state index in [-0.39, 0.29) is 6.04 Å². The summed E-state index contributed by atoms with van der Waals surface area (Å²) in [7, 11) is 0. The maximum atomic E-state index is 6.48. The second-order valence-corrected chi connectivity index (χ2v) is 5.90. The molecule has 1 unspecified atom stereocenters. The number of fused-ring (bicyclic) bond motifs is 1. The molecule has 2 heteroatoms. The van der Waals surface area contributed by atoms with Gasteiger partial charge >= 0.3 is 0 Å². The van der Waals surface area contributed by atoms with Crippen LogP contribution < -0.4 is 5.73 Å². The van der Waals surface area contributed by atoms with E-state index in [1.54, 1.807) is 0 Å². The van der Waals surface area contributed by atoms with Crippen molar-refractivity contribution in [1.29, 1.82) is 0 Å². The maximum absolute atomic E-state index is 6.48. The van der Waals surface area contributed by atoms with Gasteiger partial charge < -0.3 is 5.73 Å². The van der Waals surface area contributed by atoms with Gasteiger partial charge in [0.2, 0.25) is 0 Å². The molecule has 0 radical (unpaired) electrons. The normalized spacial score (nSPS) is 12.5. The molecule has 0 amide bonds.